The summed E-state index contributed by atoms with van der Waals surface area (Å²) in [5.74, 6) is 1.44. The summed E-state index contributed by atoms with van der Waals surface area (Å²) < 4.78 is 5.41. The molecule has 1 aliphatic rings. The highest BCUT2D eigenvalue weighted by Crippen LogP contribution is 2.25. The van der Waals surface area contributed by atoms with Gasteiger partial charge >= 0.3 is 0 Å². The van der Waals surface area contributed by atoms with Gasteiger partial charge in [0.1, 0.15) is 6.61 Å². The maximum atomic E-state index is 5.41. The Bertz CT molecular complexity index is 179. The Labute approximate surface area is 75.0 Å². The van der Waals surface area contributed by atoms with Crippen LogP contribution in [0.2, 0.25) is 0 Å². The minimum atomic E-state index is 0.369. The SMILES string of the molecule is CC(CC(C)(C)C)C1=NCCO1. The zero-order valence-corrected chi connectivity index (χ0v) is 8.55. The minimum Gasteiger partial charge on any atom is -0.479 e. The number of hydrogen-bond acceptors (Lipinski definition) is 2. The van der Waals surface area contributed by atoms with Gasteiger partial charge in [0.2, 0.25) is 0 Å². The zero-order chi connectivity index (χ0) is 9.19. The molecule has 12 heavy (non-hydrogen) atoms. The Morgan fingerprint density at radius 1 is 1.50 bits per heavy atom. The van der Waals surface area contributed by atoms with Crippen molar-refractivity contribution in [3.8, 4) is 0 Å². The second-order valence-electron chi connectivity index (χ2n) is 4.73. The summed E-state index contributed by atoms with van der Waals surface area (Å²) in [6, 6.07) is 0. The van der Waals surface area contributed by atoms with Crippen molar-refractivity contribution in [2.24, 2.45) is 16.3 Å². The van der Waals surface area contributed by atoms with E-state index in [9.17, 15) is 0 Å². The quantitative estimate of drug-likeness (QED) is 0.622. The first-order valence-electron chi connectivity index (χ1n) is 4.66. The van der Waals surface area contributed by atoms with E-state index in [1.807, 2.05) is 0 Å². The van der Waals surface area contributed by atoms with E-state index in [4.69, 9.17) is 4.74 Å². The van der Waals surface area contributed by atoms with Gasteiger partial charge < -0.3 is 4.74 Å². The van der Waals surface area contributed by atoms with E-state index < -0.39 is 0 Å². The summed E-state index contributed by atoms with van der Waals surface area (Å²) in [4.78, 5) is 4.31. The summed E-state index contributed by atoms with van der Waals surface area (Å²) in [6.07, 6.45) is 1.14. The van der Waals surface area contributed by atoms with Gasteiger partial charge in [-0.05, 0) is 11.8 Å². The molecule has 0 aromatic rings. The molecular weight excluding hydrogens is 150 g/mol. The van der Waals surface area contributed by atoms with Crippen LogP contribution in [0.3, 0.4) is 0 Å². The van der Waals surface area contributed by atoms with Crippen LogP contribution in [0.1, 0.15) is 34.1 Å². The van der Waals surface area contributed by atoms with Crippen molar-refractivity contribution in [1.82, 2.24) is 0 Å². The summed E-state index contributed by atoms with van der Waals surface area (Å²) in [5.41, 5.74) is 0.369. The van der Waals surface area contributed by atoms with Crippen LogP contribution in [-0.2, 0) is 4.74 Å². The van der Waals surface area contributed by atoms with Crippen LogP contribution < -0.4 is 0 Å². The Kier molecular flexibility index (Phi) is 2.76. The Hall–Kier alpha value is -0.530. The molecule has 1 aliphatic heterocycles. The average molecular weight is 169 g/mol. The Balaban J connectivity index is 2.42. The van der Waals surface area contributed by atoms with Crippen molar-refractivity contribution in [3.05, 3.63) is 0 Å². The third kappa shape index (κ3) is 2.84. The summed E-state index contributed by atoms with van der Waals surface area (Å²) in [7, 11) is 0. The van der Waals surface area contributed by atoms with Gasteiger partial charge in [0.15, 0.2) is 5.90 Å². The lowest BCUT2D eigenvalue weighted by atomic mass is 9.85. The van der Waals surface area contributed by atoms with E-state index in [1.165, 1.54) is 0 Å². The van der Waals surface area contributed by atoms with Crippen LogP contribution in [0.25, 0.3) is 0 Å². The van der Waals surface area contributed by atoms with Crippen LogP contribution in [0, 0.1) is 11.3 Å². The van der Waals surface area contributed by atoms with E-state index in [1.54, 1.807) is 0 Å². The smallest absolute Gasteiger partial charge is 0.186 e. The number of nitrogens with zero attached hydrogens (tertiary/aromatic N) is 1. The van der Waals surface area contributed by atoms with Crippen molar-refractivity contribution in [1.29, 1.82) is 0 Å². The Morgan fingerprint density at radius 3 is 2.58 bits per heavy atom. The fraction of sp³-hybridized carbons (Fsp3) is 0.900. The molecule has 0 spiro atoms. The molecule has 0 radical (unpaired) electrons. The summed E-state index contributed by atoms with van der Waals surface area (Å²) >= 11 is 0. The van der Waals surface area contributed by atoms with Crippen LogP contribution in [0.15, 0.2) is 4.99 Å². The standard InChI is InChI=1S/C10H19NO/c1-8(7-10(2,3)4)9-11-5-6-12-9/h8H,5-7H2,1-4H3. The Morgan fingerprint density at radius 2 is 2.17 bits per heavy atom. The molecule has 0 aliphatic carbocycles. The average Bonchev–Trinajstić information content (AvgIpc) is 2.32. The van der Waals surface area contributed by atoms with Gasteiger partial charge in [-0.1, -0.05) is 27.7 Å². The predicted molar refractivity (Wildman–Crippen MR) is 51.5 cm³/mol. The molecule has 0 N–H and O–H groups in total. The molecule has 1 atom stereocenters. The highest BCUT2D eigenvalue weighted by Gasteiger charge is 2.22. The molecule has 2 nitrogen and oxygen atoms in total. The van der Waals surface area contributed by atoms with Crippen molar-refractivity contribution >= 4 is 5.90 Å². The molecule has 0 aromatic carbocycles. The first-order chi connectivity index (χ1) is 5.49. The molecule has 0 saturated heterocycles. The lowest BCUT2D eigenvalue weighted by molar-refractivity contribution is 0.287. The lowest BCUT2D eigenvalue weighted by Gasteiger charge is -2.22. The predicted octanol–water partition coefficient (Wildman–Crippen LogP) is 2.49. The van der Waals surface area contributed by atoms with Crippen molar-refractivity contribution in [2.45, 2.75) is 34.1 Å². The molecule has 0 fully saturated rings. The number of rotatable bonds is 2. The number of ether oxygens (including phenoxy) is 1. The second-order valence-corrected chi connectivity index (χ2v) is 4.73. The molecule has 0 amide bonds. The minimum absolute atomic E-state index is 0.369. The molecule has 70 valence electrons. The van der Waals surface area contributed by atoms with Crippen molar-refractivity contribution in [2.75, 3.05) is 13.2 Å². The van der Waals surface area contributed by atoms with E-state index >= 15 is 0 Å². The number of hydrogen-bond donors (Lipinski definition) is 0. The highest BCUT2D eigenvalue weighted by molar-refractivity contribution is 5.79. The largest absolute Gasteiger partial charge is 0.479 e. The van der Waals surface area contributed by atoms with Gasteiger partial charge in [0.05, 0.1) is 6.54 Å². The van der Waals surface area contributed by atoms with Crippen LogP contribution in [0.5, 0.6) is 0 Å². The monoisotopic (exact) mass is 169 g/mol. The van der Waals surface area contributed by atoms with Gasteiger partial charge in [-0.2, -0.15) is 0 Å². The van der Waals surface area contributed by atoms with Crippen LogP contribution in [0.4, 0.5) is 0 Å². The molecule has 0 bridgehead atoms. The maximum Gasteiger partial charge on any atom is 0.186 e. The fourth-order valence-corrected chi connectivity index (χ4v) is 1.66. The first-order valence-corrected chi connectivity index (χ1v) is 4.66. The normalized spacial score (nSPS) is 20.2. The first kappa shape index (κ1) is 9.56. The van der Waals surface area contributed by atoms with Crippen LogP contribution in [-0.4, -0.2) is 19.0 Å². The molecular formula is C10H19NO. The van der Waals surface area contributed by atoms with Crippen LogP contribution >= 0.6 is 0 Å². The van der Waals surface area contributed by atoms with Gasteiger partial charge in [-0.15, -0.1) is 0 Å². The molecule has 1 unspecified atom stereocenters. The fourth-order valence-electron chi connectivity index (χ4n) is 1.66. The summed E-state index contributed by atoms with van der Waals surface area (Å²) in [5, 5.41) is 0. The topological polar surface area (TPSA) is 21.6 Å². The molecule has 1 rings (SSSR count). The zero-order valence-electron chi connectivity index (χ0n) is 8.55. The van der Waals surface area contributed by atoms with Gasteiger partial charge in [-0.3, -0.25) is 4.99 Å². The number of aliphatic imine (C=N–C) groups is 1. The van der Waals surface area contributed by atoms with Gasteiger partial charge in [-0.25, -0.2) is 0 Å². The molecule has 1 heterocycles. The van der Waals surface area contributed by atoms with Crippen molar-refractivity contribution < 1.29 is 4.74 Å². The third-order valence-corrected chi connectivity index (χ3v) is 1.95. The molecule has 0 saturated carbocycles. The van der Waals surface area contributed by atoms with E-state index in [0.29, 0.717) is 11.3 Å². The molecule has 0 aromatic heterocycles. The lowest BCUT2D eigenvalue weighted by Crippen LogP contribution is -2.18. The van der Waals surface area contributed by atoms with E-state index in [2.05, 4.69) is 32.7 Å². The van der Waals surface area contributed by atoms with Gasteiger partial charge in [0.25, 0.3) is 0 Å². The summed E-state index contributed by atoms with van der Waals surface area (Å²) in [6.45, 7) is 10.6. The third-order valence-electron chi connectivity index (χ3n) is 1.95. The van der Waals surface area contributed by atoms with Gasteiger partial charge in [0, 0.05) is 5.92 Å². The maximum absolute atomic E-state index is 5.41. The van der Waals surface area contributed by atoms with Crippen molar-refractivity contribution in [3.63, 3.8) is 0 Å². The molecule has 2 heteroatoms. The highest BCUT2D eigenvalue weighted by atomic mass is 16.5. The van der Waals surface area contributed by atoms with E-state index in [-0.39, 0.29) is 0 Å². The second kappa shape index (κ2) is 3.46. The van der Waals surface area contributed by atoms with E-state index in [0.717, 1.165) is 25.5 Å².